The molecule has 1 aliphatic carbocycles. The Balaban J connectivity index is 1.55. The zero-order chi connectivity index (χ0) is 16.4. The van der Waals surface area contributed by atoms with Crippen molar-refractivity contribution in [1.82, 2.24) is 4.98 Å². The number of carbonyl (C=O) groups is 2. The molecule has 1 saturated carbocycles. The zero-order valence-electron chi connectivity index (χ0n) is 12.4. The Hall–Kier alpha value is -1.92. The summed E-state index contributed by atoms with van der Waals surface area (Å²) in [5.41, 5.74) is 1.50. The van der Waals surface area contributed by atoms with Crippen LogP contribution in [0.25, 0.3) is 11.3 Å². The van der Waals surface area contributed by atoms with Crippen LogP contribution in [0.4, 0.5) is 5.13 Å². The number of hydrogen-bond donors (Lipinski definition) is 1. The van der Waals surface area contributed by atoms with E-state index in [4.69, 9.17) is 16.3 Å². The number of aromatic nitrogens is 1. The SMILES string of the molecule is CC1CC1C(=O)OCC(=O)Nc1nc(-c2ccccc2Cl)cs1. The van der Waals surface area contributed by atoms with Crippen LogP contribution in [0.15, 0.2) is 29.6 Å². The van der Waals surface area contributed by atoms with Gasteiger partial charge in [-0.25, -0.2) is 4.98 Å². The molecule has 23 heavy (non-hydrogen) atoms. The first-order valence-electron chi connectivity index (χ1n) is 7.21. The average Bonchev–Trinajstić information content (AvgIpc) is 3.08. The number of carbonyl (C=O) groups excluding carboxylic acids is 2. The van der Waals surface area contributed by atoms with Gasteiger partial charge in [0.05, 0.1) is 11.6 Å². The van der Waals surface area contributed by atoms with Crippen LogP contribution in [-0.4, -0.2) is 23.5 Å². The van der Waals surface area contributed by atoms with Crippen molar-refractivity contribution >= 4 is 39.9 Å². The summed E-state index contributed by atoms with van der Waals surface area (Å²) in [4.78, 5) is 27.7. The van der Waals surface area contributed by atoms with E-state index in [9.17, 15) is 9.59 Å². The maximum absolute atomic E-state index is 11.8. The van der Waals surface area contributed by atoms with E-state index in [0.717, 1.165) is 12.0 Å². The number of halogens is 1. The lowest BCUT2D eigenvalue weighted by Crippen LogP contribution is -2.21. The Morgan fingerprint density at radius 2 is 2.17 bits per heavy atom. The normalized spacial score (nSPS) is 19.2. The summed E-state index contributed by atoms with van der Waals surface area (Å²) in [5, 5.41) is 5.49. The van der Waals surface area contributed by atoms with Crippen molar-refractivity contribution in [3.8, 4) is 11.3 Å². The predicted octanol–water partition coefficient (Wildman–Crippen LogP) is 3.60. The standard InChI is InChI=1S/C16H15ClN2O3S/c1-9-6-11(9)15(21)22-7-14(20)19-16-18-13(8-23-16)10-4-2-3-5-12(10)17/h2-5,8-9,11H,6-7H2,1H3,(H,18,19,20). The van der Waals surface area contributed by atoms with Crippen LogP contribution in [0, 0.1) is 11.8 Å². The highest BCUT2D eigenvalue weighted by atomic mass is 35.5. The van der Waals surface area contributed by atoms with Crippen LogP contribution in [0.1, 0.15) is 13.3 Å². The predicted molar refractivity (Wildman–Crippen MR) is 89.4 cm³/mol. The number of hydrogen-bond acceptors (Lipinski definition) is 5. The number of nitrogens with one attached hydrogen (secondary N) is 1. The molecule has 1 amide bonds. The van der Waals surface area contributed by atoms with Gasteiger partial charge in [-0.05, 0) is 18.4 Å². The van der Waals surface area contributed by atoms with Gasteiger partial charge in [-0.3, -0.25) is 14.9 Å². The lowest BCUT2D eigenvalue weighted by atomic mass is 10.2. The third-order valence-corrected chi connectivity index (χ3v) is 4.75. The molecule has 3 rings (SSSR count). The monoisotopic (exact) mass is 350 g/mol. The molecular weight excluding hydrogens is 336 g/mol. The molecule has 1 N–H and O–H groups in total. The fourth-order valence-electron chi connectivity index (χ4n) is 2.17. The molecule has 2 aromatic rings. The molecule has 2 atom stereocenters. The molecule has 7 heteroatoms. The molecule has 0 aliphatic heterocycles. The van der Waals surface area contributed by atoms with Gasteiger partial charge in [0.1, 0.15) is 0 Å². The van der Waals surface area contributed by atoms with Gasteiger partial charge < -0.3 is 4.74 Å². The van der Waals surface area contributed by atoms with E-state index < -0.39 is 5.91 Å². The largest absolute Gasteiger partial charge is 0.455 e. The van der Waals surface area contributed by atoms with E-state index in [0.29, 0.717) is 21.8 Å². The third kappa shape index (κ3) is 3.89. The lowest BCUT2D eigenvalue weighted by molar-refractivity contribution is -0.148. The third-order valence-electron chi connectivity index (χ3n) is 3.66. The molecule has 1 aromatic heterocycles. The van der Waals surface area contributed by atoms with Crippen molar-refractivity contribution in [2.45, 2.75) is 13.3 Å². The smallest absolute Gasteiger partial charge is 0.309 e. The van der Waals surface area contributed by atoms with E-state index in [2.05, 4.69) is 10.3 Å². The number of ether oxygens (including phenoxy) is 1. The van der Waals surface area contributed by atoms with Crippen molar-refractivity contribution < 1.29 is 14.3 Å². The Kier molecular flexibility index (Phi) is 4.63. The summed E-state index contributed by atoms with van der Waals surface area (Å²) in [6.45, 7) is 1.70. The van der Waals surface area contributed by atoms with Crippen molar-refractivity contribution in [3.63, 3.8) is 0 Å². The van der Waals surface area contributed by atoms with Gasteiger partial charge in [-0.1, -0.05) is 36.7 Å². The molecular formula is C16H15ClN2O3S. The Morgan fingerprint density at radius 1 is 1.43 bits per heavy atom. The lowest BCUT2D eigenvalue weighted by Gasteiger charge is -2.04. The average molecular weight is 351 g/mol. The summed E-state index contributed by atoms with van der Waals surface area (Å²) in [6.07, 6.45) is 0.841. The van der Waals surface area contributed by atoms with Crippen LogP contribution in [-0.2, 0) is 14.3 Å². The minimum atomic E-state index is -0.397. The second kappa shape index (κ2) is 6.68. The number of anilines is 1. The maximum atomic E-state index is 11.8. The molecule has 0 saturated heterocycles. The number of rotatable bonds is 5. The molecule has 0 bridgehead atoms. The highest BCUT2D eigenvalue weighted by molar-refractivity contribution is 7.14. The number of thiazole rings is 1. The first-order chi connectivity index (χ1) is 11.0. The van der Waals surface area contributed by atoms with Gasteiger partial charge in [0.15, 0.2) is 11.7 Å². The summed E-state index contributed by atoms with van der Waals surface area (Å²) >= 11 is 7.42. The first kappa shape index (κ1) is 16.0. The summed E-state index contributed by atoms with van der Waals surface area (Å²) in [5.74, 6) is -0.382. The molecule has 5 nitrogen and oxygen atoms in total. The molecule has 120 valence electrons. The van der Waals surface area contributed by atoms with Crippen molar-refractivity contribution in [2.75, 3.05) is 11.9 Å². The fraction of sp³-hybridized carbons (Fsp3) is 0.312. The van der Waals surface area contributed by atoms with Crippen molar-refractivity contribution in [3.05, 3.63) is 34.7 Å². The second-order valence-corrected chi connectivity index (χ2v) is 6.76. The van der Waals surface area contributed by atoms with E-state index in [-0.39, 0.29) is 18.5 Å². The number of amides is 1. The van der Waals surface area contributed by atoms with Gasteiger partial charge in [0.25, 0.3) is 5.91 Å². The van der Waals surface area contributed by atoms with E-state index in [1.54, 1.807) is 6.07 Å². The molecule has 0 radical (unpaired) electrons. The number of esters is 1. The molecule has 1 aliphatic rings. The van der Waals surface area contributed by atoms with Crippen LogP contribution in [0.3, 0.4) is 0 Å². The second-order valence-electron chi connectivity index (χ2n) is 5.49. The van der Waals surface area contributed by atoms with Gasteiger partial charge in [0.2, 0.25) is 0 Å². The van der Waals surface area contributed by atoms with Gasteiger partial charge in [-0.15, -0.1) is 11.3 Å². The van der Waals surface area contributed by atoms with Crippen LogP contribution >= 0.6 is 22.9 Å². The quantitative estimate of drug-likeness (QED) is 0.836. The first-order valence-corrected chi connectivity index (χ1v) is 8.47. The highest BCUT2D eigenvalue weighted by Crippen LogP contribution is 2.38. The van der Waals surface area contributed by atoms with Crippen LogP contribution < -0.4 is 5.32 Å². The van der Waals surface area contributed by atoms with Crippen molar-refractivity contribution in [2.24, 2.45) is 11.8 Å². The van der Waals surface area contributed by atoms with Gasteiger partial charge in [-0.2, -0.15) is 0 Å². The maximum Gasteiger partial charge on any atom is 0.309 e. The molecule has 1 aromatic carbocycles. The van der Waals surface area contributed by atoms with Crippen LogP contribution in [0.2, 0.25) is 5.02 Å². The van der Waals surface area contributed by atoms with E-state index >= 15 is 0 Å². The van der Waals surface area contributed by atoms with E-state index in [1.165, 1.54) is 11.3 Å². The Labute approximate surface area is 142 Å². The molecule has 1 fully saturated rings. The minimum Gasteiger partial charge on any atom is -0.455 e. The topological polar surface area (TPSA) is 68.3 Å². The highest BCUT2D eigenvalue weighted by Gasteiger charge is 2.40. The molecule has 0 spiro atoms. The zero-order valence-corrected chi connectivity index (χ0v) is 14.0. The number of benzene rings is 1. The summed E-state index contributed by atoms with van der Waals surface area (Å²) in [7, 11) is 0. The Morgan fingerprint density at radius 3 is 2.87 bits per heavy atom. The summed E-state index contributed by atoms with van der Waals surface area (Å²) in [6, 6.07) is 7.36. The Bertz CT molecular complexity index is 746. The van der Waals surface area contributed by atoms with Gasteiger partial charge in [0, 0.05) is 16.0 Å². The molecule has 1 heterocycles. The fourth-order valence-corrected chi connectivity index (χ4v) is 3.13. The molecule has 2 unspecified atom stereocenters. The summed E-state index contributed by atoms with van der Waals surface area (Å²) < 4.78 is 4.99. The van der Waals surface area contributed by atoms with Crippen molar-refractivity contribution in [1.29, 1.82) is 0 Å². The van der Waals surface area contributed by atoms with Crippen LogP contribution in [0.5, 0.6) is 0 Å². The van der Waals surface area contributed by atoms with E-state index in [1.807, 2.05) is 30.5 Å². The van der Waals surface area contributed by atoms with Gasteiger partial charge >= 0.3 is 5.97 Å². The minimum absolute atomic E-state index is 0.0468. The number of nitrogens with zero attached hydrogens (tertiary/aromatic N) is 1.